The van der Waals surface area contributed by atoms with E-state index in [4.69, 9.17) is 23.7 Å². The van der Waals surface area contributed by atoms with E-state index in [9.17, 15) is 29.4 Å². The Bertz CT molecular complexity index is 1720. The maximum Gasteiger partial charge on any atom is 0.407 e. The number of amides is 1. The lowest BCUT2D eigenvalue weighted by molar-refractivity contribution is -0.295. The molecule has 16 nitrogen and oxygen atoms in total. The smallest absolute Gasteiger partial charge is 0.407 e. The quantitative estimate of drug-likeness (QED) is 0.232. The van der Waals surface area contributed by atoms with Crippen LogP contribution in [0.5, 0.6) is 0 Å². The minimum Gasteiger partial charge on any atom is -0.459 e. The monoisotopic (exact) mass is 815 g/mol. The molecule has 58 heavy (non-hydrogen) atoms. The van der Waals surface area contributed by atoms with E-state index in [0.717, 1.165) is 11.1 Å². The van der Waals surface area contributed by atoms with Gasteiger partial charge in [-0.3, -0.25) is 19.1 Å². The van der Waals surface area contributed by atoms with Crippen LogP contribution in [0.3, 0.4) is 0 Å². The highest BCUT2D eigenvalue weighted by atomic mass is 16.7. The Morgan fingerprint density at radius 3 is 2.28 bits per heavy atom. The number of nitrogens with zero attached hydrogens (tertiary/aromatic N) is 4. The SMILES string of the molecule is CC[C@H]1OC(=O)[C@H](C)C(=O)[C@H](C)[C@@H](O[C@H]2O[C@@H](C)C[C@@H](N(C)C)[C@@H]2O)[C@](C)(OC)C[C@@H](C)C(=O)[C@H](C)[C@@H](OC(=O)NCCn2cc(-c3ccc(C)cc3)nn2)[C@]1(C)O. The summed E-state index contributed by atoms with van der Waals surface area (Å²) in [5.41, 5.74) is -0.747. The molecule has 1 aromatic heterocycles. The van der Waals surface area contributed by atoms with Crippen molar-refractivity contribution < 1.29 is 53.1 Å². The molecule has 0 saturated carbocycles. The molecule has 324 valence electrons. The summed E-state index contributed by atoms with van der Waals surface area (Å²) < 4.78 is 32.0. The molecule has 13 atom stereocenters. The number of methoxy groups -OCH3 is 1. The number of carbonyl (C=O) groups excluding carboxylic acids is 4. The third-order valence-electron chi connectivity index (χ3n) is 12.0. The molecule has 1 amide bonds. The van der Waals surface area contributed by atoms with Crippen LogP contribution < -0.4 is 5.32 Å². The third kappa shape index (κ3) is 10.7. The van der Waals surface area contributed by atoms with Crippen molar-refractivity contribution in [2.24, 2.45) is 23.7 Å². The number of aryl methyl sites for hydroxylation is 1. The summed E-state index contributed by atoms with van der Waals surface area (Å²) in [5, 5.41) is 34.6. The summed E-state index contributed by atoms with van der Waals surface area (Å²) in [7, 11) is 5.13. The number of likely N-dealkylation sites (N-methyl/N-ethyl adjacent to an activating group) is 1. The molecule has 2 fully saturated rings. The van der Waals surface area contributed by atoms with Gasteiger partial charge in [0.05, 0.1) is 36.5 Å². The van der Waals surface area contributed by atoms with E-state index in [0.29, 0.717) is 12.1 Å². The molecule has 2 saturated heterocycles. The second kappa shape index (κ2) is 19.5. The number of aliphatic hydroxyl groups is 2. The van der Waals surface area contributed by atoms with Crippen LogP contribution in [-0.4, -0.2) is 136 Å². The van der Waals surface area contributed by atoms with Crippen LogP contribution >= 0.6 is 0 Å². The van der Waals surface area contributed by atoms with Crippen LogP contribution in [0.1, 0.15) is 80.2 Å². The fourth-order valence-corrected chi connectivity index (χ4v) is 8.33. The van der Waals surface area contributed by atoms with Crippen LogP contribution in [0.4, 0.5) is 4.79 Å². The molecule has 0 radical (unpaired) electrons. The Balaban J connectivity index is 1.62. The van der Waals surface area contributed by atoms with E-state index in [1.807, 2.05) is 57.1 Å². The lowest BCUT2D eigenvalue weighted by Crippen LogP contribution is -2.60. The Hall–Kier alpha value is -3.80. The lowest BCUT2D eigenvalue weighted by Gasteiger charge is -2.47. The molecule has 4 rings (SSSR count). The highest BCUT2D eigenvalue weighted by Gasteiger charge is 2.53. The molecule has 0 bridgehead atoms. The standard InChI is InChI=1S/C42H65N5O11/c1-13-32-42(9,53)37(58-40(52)43-18-19-47-22-30(44-45-47)29-16-14-23(2)15-17-29)26(5)33(48)24(3)21-41(8,54-12)36(27(6)34(49)28(7)38(51)56-32)57-39-35(50)31(46(10)11)20-25(4)55-39/h14-17,22,24-28,31-32,35-37,39,50,53H,13,18-21H2,1-12H3,(H,43,52)/t24-,25+,26+,27+,28-,31-,32-,35+,36-,37-,39-,41-,42-/m1/s1. The van der Waals surface area contributed by atoms with Gasteiger partial charge in [0.2, 0.25) is 0 Å². The number of hydrogen-bond donors (Lipinski definition) is 3. The molecule has 16 heteroatoms. The molecule has 0 spiro atoms. The molecular formula is C42H65N5O11. The van der Waals surface area contributed by atoms with Crippen molar-refractivity contribution >= 4 is 23.6 Å². The number of benzene rings is 1. The van der Waals surface area contributed by atoms with Gasteiger partial charge in [0, 0.05) is 37.1 Å². The average molecular weight is 816 g/mol. The van der Waals surface area contributed by atoms with Crippen LogP contribution in [0.25, 0.3) is 11.3 Å². The number of Topliss-reactive ketones (excluding diaryl/α,β-unsaturated/α-hetero) is 2. The summed E-state index contributed by atoms with van der Waals surface area (Å²) >= 11 is 0. The average Bonchev–Trinajstić information content (AvgIpc) is 3.65. The second-order valence-corrected chi connectivity index (χ2v) is 16.9. The van der Waals surface area contributed by atoms with Gasteiger partial charge < -0.3 is 44.1 Å². The molecule has 2 aliphatic heterocycles. The zero-order valence-electron chi connectivity index (χ0n) is 36.1. The first-order chi connectivity index (χ1) is 27.1. The molecular weight excluding hydrogens is 750 g/mol. The van der Waals surface area contributed by atoms with Gasteiger partial charge in [-0.05, 0) is 68.0 Å². The lowest BCUT2D eigenvalue weighted by atomic mass is 9.74. The van der Waals surface area contributed by atoms with Gasteiger partial charge >= 0.3 is 12.1 Å². The van der Waals surface area contributed by atoms with Gasteiger partial charge in [-0.15, -0.1) is 5.10 Å². The van der Waals surface area contributed by atoms with Crippen molar-refractivity contribution in [2.45, 2.75) is 142 Å². The summed E-state index contributed by atoms with van der Waals surface area (Å²) in [6, 6.07) is 7.53. The van der Waals surface area contributed by atoms with Gasteiger partial charge in [0.25, 0.3) is 0 Å². The van der Waals surface area contributed by atoms with Crippen molar-refractivity contribution in [3.8, 4) is 11.3 Å². The molecule has 2 aliphatic rings. The molecule has 3 heterocycles. The largest absolute Gasteiger partial charge is 0.459 e. The predicted molar refractivity (Wildman–Crippen MR) is 213 cm³/mol. The van der Waals surface area contributed by atoms with Crippen molar-refractivity contribution in [3.05, 3.63) is 36.0 Å². The topological polar surface area (TPSA) is 201 Å². The van der Waals surface area contributed by atoms with Gasteiger partial charge in [-0.2, -0.15) is 0 Å². The molecule has 1 aromatic carbocycles. The highest BCUT2D eigenvalue weighted by molar-refractivity contribution is 6.00. The summed E-state index contributed by atoms with van der Waals surface area (Å²) in [6.07, 6.45) is -4.96. The van der Waals surface area contributed by atoms with E-state index in [-0.39, 0.29) is 43.9 Å². The first-order valence-electron chi connectivity index (χ1n) is 20.3. The number of rotatable bonds is 10. The summed E-state index contributed by atoms with van der Waals surface area (Å²) in [4.78, 5) is 57.7. The van der Waals surface area contributed by atoms with Gasteiger partial charge in [0.1, 0.15) is 41.3 Å². The fourth-order valence-electron chi connectivity index (χ4n) is 8.33. The minimum absolute atomic E-state index is 0.0179. The maximum atomic E-state index is 14.4. The molecule has 0 aliphatic carbocycles. The number of alkyl carbamates (subject to hydrolysis) is 1. The Morgan fingerprint density at radius 2 is 1.67 bits per heavy atom. The van der Waals surface area contributed by atoms with Crippen LogP contribution in [0.2, 0.25) is 0 Å². The van der Waals surface area contributed by atoms with Gasteiger partial charge in [0.15, 0.2) is 12.1 Å². The van der Waals surface area contributed by atoms with Crippen molar-refractivity contribution in [3.63, 3.8) is 0 Å². The number of esters is 1. The number of nitrogens with one attached hydrogen (secondary N) is 1. The number of ketones is 2. The number of cyclic esters (lactones) is 1. The van der Waals surface area contributed by atoms with E-state index in [1.54, 1.807) is 45.5 Å². The fraction of sp³-hybridized carbons (Fsp3) is 0.714. The molecule has 2 aromatic rings. The number of hydrogen-bond acceptors (Lipinski definition) is 14. The number of carbonyl (C=O) groups is 4. The Labute approximate surface area is 342 Å². The Kier molecular flexibility index (Phi) is 15.8. The van der Waals surface area contributed by atoms with Crippen molar-refractivity contribution in [1.29, 1.82) is 0 Å². The van der Waals surface area contributed by atoms with E-state index < -0.39 is 83.4 Å². The Morgan fingerprint density at radius 1 is 1.03 bits per heavy atom. The first-order valence-corrected chi connectivity index (χ1v) is 20.3. The predicted octanol–water partition coefficient (Wildman–Crippen LogP) is 3.72. The van der Waals surface area contributed by atoms with E-state index >= 15 is 0 Å². The molecule has 3 N–H and O–H groups in total. The summed E-state index contributed by atoms with van der Waals surface area (Å²) in [5.74, 6) is -6.06. The van der Waals surface area contributed by atoms with E-state index in [2.05, 4.69) is 15.6 Å². The maximum absolute atomic E-state index is 14.4. The van der Waals surface area contributed by atoms with E-state index in [1.165, 1.54) is 21.0 Å². The molecule has 0 unspecified atom stereocenters. The minimum atomic E-state index is -2.08. The van der Waals surface area contributed by atoms with Crippen LogP contribution in [0, 0.1) is 30.6 Å². The van der Waals surface area contributed by atoms with Gasteiger partial charge in [-0.25, -0.2) is 4.79 Å². The number of ether oxygens (including phenoxy) is 5. The van der Waals surface area contributed by atoms with Crippen molar-refractivity contribution in [2.75, 3.05) is 27.7 Å². The van der Waals surface area contributed by atoms with Crippen LogP contribution in [-0.2, 0) is 44.6 Å². The van der Waals surface area contributed by atoms with Gasteiger partial charge in [-0.1, -0.05) is 62.7 Å². The highest BCUT2D eigenvalue weighted by Crippen LogP contribution is 2.39. The zero-order chi connectivity index (χ0) is 43.3. The normalized spacial score (nSPS) is 35.6. The number of aromatic nitrogens is 3. The zero-order valence-corrected chi connectivity index (χ0v) is 36.1. The van der Waals surface area contributed by atoms with Crippen LogP contribution in [0.15, 0.2) is 30.5 Å². The number of aliphatic hydroxyl groups excluding tert-OH is 1. The first kappa shape index (κ1) is 46.9. The summed E-state index contributed by atoms with van der Waals surface area (Å²) in [6.45, 7) is 15.2. The van der Waals surface area contributed by atoms with Crippen molar-refractivity contribution in [1.82, 2.24) is 25.2 Å². The third-order valence-corrected chi connectivity index (χ3v) is 12.0. The second-order valence-electron chi connectivity index (χ2n) is 16.9.